The quantitative estimate of drug-likeness (QED) is 0.420. The second kappa shape index (κ2) is 7.72. The van der Waals surface area contributed by atoms with Crippen molar-refractivity contribution in [1.82, 2.24) is 9.38 Å². The van der Waals surface area contributed by atoms with E-state index >= 15 is 0 Å². The second-order valence-electron chi connectivity index (χ2n) is 8.04. The van der Waals surface area contributed by atoms with Crippen molar-refractivity contribution in [3.8, 4) is 28.5 Å². The van der Waals surface area contributed by atoms with E-state index in [9.17, 15) is 0 Å². The maximum Gasteiger partial charge on any atom is 0.197 e. The number of hydrogen-bond acceptors (Lipinski definition) is 6. The molecule has 0 aliphatic heterocycles. The van der Waals surface area contributed by atoms with Gasteiger partial charge < -0.3 is 19.5 Å². The van der Waals surface area contributed by atoms with E-state index in [4.69, 9.17) is 19.2 Å². The van der Waals surface area contributed by atoms with Crippen molar-refractivity contribution in [3.05, 3.63) is 36.4 Å². The third-order valence-electron chi connectivity index (χ3n) is 4.69. The number of anilines is 1. The summed E-state index contributed by atoms with van der Waals surface area (Å²) >= 11 is 1.64. The largest absolute Gasteiger partial charge is 0.497 e. The van der Waals surface area contributed by atoms with Crippen molar-refractivity contribution < 1.29 is 14.2 Å². The maximum atomic E-state index is 5.68. The van der Waals surface area contributed by atoms with Crippen molar-refractivity contribution in [3.63, 3.8) is 0 Å². The minimum atomic E-state index is -0.138. The fourth-order valence-corrected chi connectivity index (χ4v) is 4.49. The minimum absolute atomic E-state index is 0.138. The number of methoxy groups -OCH3 is 2. The summed E-state index contributed by atoms with van der Waals surface area (Å²) in [6.45, 7) is 8.98. The lowest BCUT2D eigenvalue weighted by Crippen LogP contribution is -2.27. The van der Waals surface area contributed by atoms with E-state index in [-0.39, 0.29) is 5.54 Å². The van der Waals surface area contributed by atoms with Crippen LogP contribution in [-0.4, -0.2) is 35.8 Å². The standard InChI is InChI=1S/C23H27N3O3S/c1-7-29-17-11-8-14(12-18(17)28-6)20-21(25-23(2,3)4)26-16-10-9-15(27-5)13-19(16)30-22(26)24-20/h8-13,25H,7H2,1-6H3. The number of nitrogens with zero attached hydrogens (tertiary/aromatic N) is 2. The number of thiazole rings is 1. The monoisotopic (exact) mass is 425 g/mol. The average Bonchev–Trinajstić information content (AvgIpc) is 3.23. The van der Waals surface area contributed by atoms with Crippen LogP contribution < -0.4 is 19.5 Å². The molecule has 0 amide bonds. The third kappa shape index (κ3) is 3.65. The first-order valence-electron chi connectivity index (χ1n) is 9.93. The van der Waals surface area contributed by atoms with E-state index in [1.807, 2.05) is 31.2 Å². The van der Waals surface area contributed by atoms with Crippen molar-refractivity contribution in [1.29, 1.82) is 0 Å². The zero-order chi connectivity index (χ0) is 21.5. The molecule has 4 aromatic rings. The Labute approximate surface area is 180 Å². The Kier molecular flexibility index (Phi) is 5.24. The summed E-state index contributed by atoms with van der Waals surface area (Å²) in [4.78, 5) is 5.92. The Balaban J connectivity index is 1.94. The Morgan fingerprint density at radius 1 is 1.03 bits per heavy atom. The van der Waals surface area contributed by atoms with Crippen molar-refractivity contribution in [2.24, 2.45) is 0 Å². The number of ether oxygens (including phenoxy) is 3. The van der Waals surface area contributed by atoms with Crippen molar-refractivity contribution in [2.75, 3.05) is 26.1 Å². The molecule has 0 unspecified atom stereocenters. The Bertz CT molecular complexity index is 1200. The number of hydrogen-bond donors (Lipinski definition) is 1. The molecular formula is C23H27N3O3S. The molecule has 7 heteroatoms. The van der Waals surface area contributed by atoms with Gasteiger partial charge in [-0.2, -0.15) is 0 Å². The number of imidazole rings is 1. The zero-order valence-electron chi connectivity index (χ0n) is 18.2. The molecule has 0 bridgehead atoms. The van der Waals surface area contributed by atoms with Crippen LogP contribution in [0.1, 0.15) is 27.7 Å². The van der Waals surface area contributed by atoms with Crippen LogP contribution in [0.3, 0.4) is 0 Å². The summed E-state index contributed by atoms with van der Waals surface area (Å²) in [6, 6.07) is 12.1. The molecule has 0 fully saturated rings. The van der Waals surface area contributed by atoms with Gasteiger partial charge in [-0.1, -0.05) is 11.3 Å². The van der Waals surface area contributed by atoms with Crippen LogP contribution in [0.25, 0.3) is 26.4 Å². The van der Waals surface area contributed by atoms with Gasteiger partial charge in [0.25, 0.3) is 0 Å². The minimum Gasteiger partial charge on any atom is -0.497 e. The molecule has 0 radical (unpaired) electrons. The van der Waals surface area contributed by atoms with Crippen molar-refractivity contribution >= 4 is 32.3 Å². The highest BCUT2D eigenvalue weighted by Crippen LogP contribution is 2.40. The normalized spacial score (nSPS) is 11.8. The lowest BCUT2D eigenvalue weighted by molar-refractivity contribution is 0.311. The molecule has 0 aliphatic carbocycles. The summed E-state index contributed by atoms with van der Waals surface area (Å²) in [5.74, 6) is 3.23. The van der Waals surface area contributed by atoms with Crippen LogP contribution in [0.15, 0.2) is 36.4 Å². The molecule has 0 aliphatic rings. The Morgan fingerprint density at radius 2 is 1.83 bits per heavy atom. The third-order valence-corrected chi connectivity index (χ3v) is 5.69. The van der Waals surface area contributed by atoms with Gasteiger partial charge in [-0.3, -0.25) is 4.40 Å². The SMILES string of the molecule is CCOc1ccc(-c2nc3sc4cc(OC)ccc4n3c2NC(C)(C)C)cc1OC. The summed E-state index contributed by atoms with van der Waals surface area (Å²) < 4.78 is 19.9. The van der Waals surface area contributed by atoms with Gasteiger partial charge in [0.1, 0.15) is 17.3 Å². The van der Waals surface area contributed by atoms with E-state index in [1.165, 1.54) is 0 Å². The molecule has 0 atom stereocenters. The van der Waals surface area contributed by atoms with Crippen LogP contribution in [0.5, 0.6) is 17.2 Å². The second-order valence-corrected chi connectivity index (χ2v) is 9.05. The molecule has 0 spiro atoms. The van der Waals surface area contributed by atoms with E-state index in [0.717, 1.165) is 43.8 Å². The topological polar surface area (TPSA) is 57.0 Å². The highest BCUT2D eigenvalue weighted by Gasteiger charge is 2.23. The van der Waals surface area contributed by atoms with Gasteiger partial charge in [0.15, 0.2) is 16.5 Å². The lowest BCUT2D eigenvalue weighted by Gasteiger charge is -2.22. The molecule has 2 aromatic carbocycles. The van der Waals surface area contributed by atoms with Crippen LogP contribution in [0.4, 0.5) is 5.82 Å². The van der Waals surface area contributed by atoms with Crippen molar-refractivity contribution in [2.45, 2.75) is 33.2 Å². The van der Waals surface area contributed by atoms with Gasteiger partial charge in [0.2, 0.25) is 0 Å². The number of nitrogens with one attached hydrogen (secondary N) is 1. The van der Waals surface area contributed by atoms with Gasteiger partial charge in [-0.05, 0) is 64.1 Å². The zero-order valence-corrected chi connectivity index (χ0v) is 19.0. The lowest BCUT2D eigenvalue weighted by atomic mass is 10.1. The van der Waals surface area contributed by atoms with Crippen LogP contribution in [-0.2, 0) is 0 Å². The molecule has 0 saturated heterocycles. The highest BCUT2D eigenvalue weighted by molar-refractivity contribution is 7.23. The number of fused-ring (bicyclic) bond motifs is 3. The molecule has 0 saturated carbocycles. The van der Waals surface area contributed by atoms with Gasteiger partial charge in [-0.25, -0.2) is 4.98 Å². The molecule has 4 rings (SSSR count). The average molecular weight is 426 g/mol. The Hall–Kier alpha value is -2.93. The number of aromatic nitrogens is 2. The fraction of sp³-hybridized carbons (Fsp3) is 0.348. The van der Waals surface area contributed by atoms with E-state index < -0.39 is 0 Å². The summed E-state index contributed by atoms with van der Waals surface area (Å²) in [7, 11) is 3.34. The van der Waals surface area contributed by atoms with Crippen LogP contribution in [0.2, 0.25) is 0 Å². The van der Waals surface area contributed by atoms with E-state index in [0.29, 0.717) is 12.4 Å². The van der Waals surface area contributed by atoms with Gasteiger partial charge in [-0.15, -0.1) is 0 Å². The maximum absolute atomic E-state index is 5.68. The fourth-order valence-electron chi connectivity index (χ4n) is 3.44. The smallest absolute Gasteiger partial charge is 0.197 e. The first-order valence-corrected chi connectivity index (χ1v) is 10.7. The molecule has 2 aromatic heterocycles. The van der Waals surface area contributed by atoms with Gasteiger partial charge >= 0.3 is 0 Å². The van der Waals surface area contributed by atoms with Gasteiger partial charge in [0.05, 0.1) is 31.0 Å². The van der Waals surface area contributed by atoms with Gasteiger partial charge in [0, 0.05) is 11.1 Å². The predicted octanol–water partition coefficient (Wildman–Crippen LogP) is 5.84. The highest BCUT2D eigenvalue weighted by atomic mass is 32.1. The van der Waals surface area contributed by atoms with Crippen LogP contribution >= 0.6 is 11.3 Å². The summed E-state index contributed by atoms with van der Waals surface area (Å²) in [5.41, 5.74) is 2.81. The first-order chi connectivity index (χ1) is 14.3. The van der Waals surface area contributed by atoms with E-state index in [1.54, 1.807) is 25.6 Å². The molecule has 2 heterocycles. The van der Waals surface area contributed by atoms with Crippen LogP contribution in [0, 0.1) is 0 Å². The molecule has 6 nitrogen and oxygen atoms in total. The number of rotatable bonds is 6. The Morgan fingerprint density at radius 3 is 2.50 bits per heavy atom. The first kappa shape index (κ1) is 20.3. The number of benzene rings is 2. The molecular weight excluding hydrogens is 398 g/mol. The van der Waals surface area contributed by atoms with E-state index in [2.05, 4.69) is 42.6 Å². The summed E-state index contributed by atoms with van der Waals surface area (Å²) in [5, 5.41) is 3.66. The molecule has 30 heavy (non-hydrogen) atoms. The summed E-state index contributed by atoms with van der Waals surface area (Å²) in [6.07, 6.45) is 0. The predicted molar refractivity (Wildman–Crippen MR) is 124 cm³/mol. The molecule has 158 valence electrons. The molecule has 1 N–H and O–H groups in total.